The van der Waals surface area contributed by atoms with Gasteiger partial charge in [-0.15, -0.1) is 0 Å². The summed E-state index contributed by atoms with van der Waals surface area (Å²) in [6, 6.07) is 10.5. The van der Waals surface area contributed by atoms with Crippen molar-refractivity contribution in [3.63, 3.8) is 0 Å². The Bertz CT molecular complexity index is 688. The molecular weight excluding hydrogens is 329 g/mol. The van der Waals surface area contributed by atoms with E-state index >= 15 is 0 Å². The number of hydrogen-bond acceptors (Lipinski definition) is 1. The van der Waals surface area contributed by atoms with Crippen molar-refractivity contribution in [3.05, 3.63) is 65.4 Å². The first-order chi connectivity index (χ1) is 8.61. The smallest absolute Gasteiger partial charge is 1.00 e. The van der Waals surface area contributed by atoms with Crippen LogP contribution in [0, 0.1) is 0 Å². The molecule has 1 nitrogen and oxygen atoms in total. The van der Waals surface area contributed by atoms with Crippen molar-refractivity contribution in [1.82, 2.24) is 4.98 Å². The number of aromatic nitrogens is 1. The van der Waals surface area contributed by atoms with E-state index < -0.39 is 0 Å². The Labute approximate surface area is 140 Å². The van der Waals surface area contributed by atoms with E-state index in [4.69, 9.17) is 0 Å². The molecule has 0 amide bonds. The summed E-state index contributed by atoms with van der Waals surface area (Å²) in [5.41, 5.74) is 4.96. The molecule has 103 valence electrons. The van der Waals surface area contributed by atoms with Crippen molar-refractivity contribution >= 4 is 10.9 Å². The van der Waals surface area contributed by atoms with E-state index in [-0.39, 0.29) is 29.1 Å². The van der Waals surface area contributed by atoms with Gasteiger partial charge in [0.05, 0.1) is 0 Å². The third kappa shape index (κ3) is 2.67. The fraction of sp³-hybridized carbons (Fsp3) is 0.188. The Morgan fingerprint density at radius 3 is 2.40 bits per heavy atom. The molecule has 1 aromatic heterocycles. The molecule has 0 saturated heterocycles. The first-order valence-corrected chi connectivity index (χ1v) is 6.68. The van der Waals surface area contributed by atoms with Crippen molar-refractivity contribution in [2.75, 3.05) is 0 Å². The normalized spacial score (nSPS) is 20.6. The van der Waals surface area contributed by atoms with Crippen LogP contribution in [0.25, 0.3) is 10.9 Å². The molecule has 1 heterocycles. The zero-order valence-electron chi connectivity index (χ0n) is 11.2. The molecule has 0 spiro atoms. The SMILES string of the molecule is CC1=C[C]([Cr+2])(c2cccc3cccnc23)C(C)=C1.[Cl-].[Cl-]. The Balaban J connectivity index is 0.000001000. The second kappa shape index (κ2) is 6.33. The van der Waals surface area contributed by atoms with E-state index in [1.807, 2.05) is 12.3 Å². The molecule has 3 rings (SSSR count). The number of rotatable bonds is 1. The molecule has 0 saturated carbocycles. The topological polar surface area (TPSA) is 12.9 Å². The van der Waals surface area contributed by atoms with E-state index in [9.17, 15) is 0 Å². The van der Waals surface area contributed by atoms with Gasteiger partial charge in [0, 0.05) is 0 Å². The van der Waals surface area contributed by atoms with E-state index in [0.717, 1.165) is 5.52 Å². The zero-order chi connectivity index (χ0) is 12.8. The summed E-state index contributed by atoms with van der Waals surface area (Å²) >= 11 is 3.36. The van der Waals surface area contributed by atoms with E-state index in [1.54, 1.807) is 0 Å². The number of halogens is 2. The largest absolute Gasteiger partial charge is 1.00 e. The van der Waals surface area contributed by atoms with Gasteiger partial charge < -0.3 is 24.8 Å². The predicted molar refractivity (Wildman–Crippen MR) is 70.9 cm³/mol. The van der Waals surface area contributed by atoms with Gasteiger partial charge in [0.15, 0.2) is 0 Å². The first-order valence-electron chi connectivity index (χ1n) is 6.04. The van der Waals surface area contributed by atoms with Crippen molar-refractivity contribution < 1.29 is 41.1 Å². The van der Waals surface area contributed by atoms with Crippen LogP contribution in [-0.4, -0.2) is 4.98 Å². The summed E-state index contributed by atoms with van der Waals surface area (Å²) in [6.07, 6.45) is 6.38. The summed E-state index contributed by atoms with van der Waals surface area (Å²) in [4.78, 5) is 4.55. The second-order valence-electron chi connectivity index (χ2n) is 4.83. The zero-order valence-corrected chi connectivity index (χ0v) is 14.0. The summed E-state index contributed by atoms with van der Waals surface area (Å²) < 4.78 is -0.141. The number of allylic oxidation sites excluding steroid dienone is 4. The average Bonchev–Trinajstić information content (AvgIpc) is 2.63. The van der Waals surface area contributed by atoms with Crippen LogP contribution in [0.5, 0.6) is 0 Å². The molecule has 20 heavy (non-hydrogen) atoms. The van der Waals surface area contributed by atoms with Gasteiger partial charge in [-0.05, 0) is 0 Å². The fourth-order valence-corrected chi connectivity index (χ4v) is 3.26. The molecule has 4 heteroatoms. The maximum Gasteiger partial charge on any atom is -1.00 e. The van der Waals surface area contributed by atoms with Crippen LogP contribution in [0.15, 0.2) is 59.8 Å². The van der Waals surface area contributed by atoms with Crippen LogP contribution in [0.4, 0.5) is 0 Å². The Hall–Kier alpha value is -0.778. The molecule has 0 aliphatic heterocycles. The molecule has 1 aromatic carbocycles. The number of benzene rings is 1. The third-order valence-electron chi connectivity index (χ3n) is 3.49. The maximum absolute atomic E-state index is 4.55. The minimum atomic E-state index is -0.141. The van der Waals surface area contributed by atoms with Crippen LogP contribution >= 0.6 is 0 Å². The van der Waals surface area contributed by atoms with Gasteiger partial charge in [-0.1, -0.05) is 0 Å². The number of fused-ring (bicyclic) bond motifs is 1. The van der Waals surface area contributed by atoms with Gasteiger partial charge in [0.2, 0.25) is 0 Å². The third-order valence-corrected chi connectivity index (χ3v) is 4.52. The van der Waals surface area contributed by atoms with Gasteiger partial charge in [0.1, 0.15) is 0 Å². The predicted octanol–water partition coefficient (Wildman–Crippen LogP) is -2.11. The Morgan fingerprint density at radius 1 is 1.05 bits per heavy atom. The molecule has 1 unspecified atom stereocenters. The minimum absolute atomic E-state index is 0. The van der Waals surface area contributed by atoms with Gasteiger partial charge in [-0.3, -0.25) is 0 Å². The Morgan fingerprint density at radius 2 is 1.75 bits per heavy atom. The van der Waals surface area contributed by atoms with Crippen LogP contribution in [0.3, 0.4) is 0 Å². The molecule has 0 N–H and O–H groups in total. The summed E-state index contributed by atoms with van der Waals surface area (Å²) in [5, 5.41) is 1.19. The standard InChI is InChI=1S/C16H14N.2ClH.Cr/c1-11-9-12(2)15(10-11)14-7-3-5-13-6-4-8-17-16(13)14;;;/h3-10H,1-2H3;2*1H;/q;;;+2/p-2. The number of hydrogen-bond donors (Lipinski definition) is 0. The maximum atomic E-state index is 4.55. The second-order valence-corrected chi connectivity index (χ2v) is 5.84. The van der Waals surface area contributed by atoms with Crippen LogP contribution in [-0.2, 0) is 20.6 Å². The quantitative estimate of drug-likeness (QED) is 0.578. The molecule has 1 atom stereocenters. The Kier molecular flexibility index (Phi) is 5.47. The summed E-state index contributed by atoms with van der Waals surface area (Å²) in [6.45, 7) is 4.31. The fourth-order valence-electron chi connectivity index (χ4n) is 2.62. The van der Waals surface area contributed by atoms with Crippen LogP contribution in [0.2, 0.25) is 0 Å². The average molecular weight is 343 g/mol. The summed E-state index contributed by atoms with van der Waals surface area (Å²) in [7, 11) is 0. The molecular formula is C16H14Cl2CrN. The molecule has 0 bridgehead atoms. The van der Waals surface area contributed by atoms with Gasteiger partial charge in [0.25, 0.3) is 0 Å². The van der Waals surface area contributed by atoms with Gasteiger partial charge >= 0.3 is 116 Å². The summed E-state index contributed by atoms with van der Waals surface area (Å²) in [5.74, 6) is 0. The van der Waals surface area contributed by atoms with Crippen LogP contribution < -0.4 is 24.8 Å². The van der Waals surface area contributed by atoms with Gasteiger partial charge in [-0.2, -0.15) is 0 Å². The monoisotopic (exact) mass is 342 g/mol. The van der Waals surface area contributed by atoms with Crippen molar-refractivity contribution in [1.29, 1.82) is 0 Å². The molecule has 1 aliphatic rings. The minimum Gasteiger partial charge on any atom is -1.00 e. The van der Waals surface area contributed by atoms with E-state index in [2.05, 4.69) is 71.5 Å². The van der Waals surface area contributed by atoms with E-state index in [1.165, 1.54) is 22.1 Å². The van der Waals surface area contributed by atoms with E-state index in [0.29, 0.717) is 0 Å². The number of para-hydroxylation sites is 1. The van der Waals surface area contributed by atoms with Gasteiger partial charge in [-0.25, -0.2) is 0 Å². The van der Waals surface area contributed by atoms with Crippen LogP contribution in [0.1, 0.15) is 19.4 Å². The molecule has 2 aromatic rings. The van der Waals surface area contributed by atoms with Crippen molar-refractivity contribution in [2.45, 2.75) is 18.1 Å². The van der Waals surface area contributed by atoms with Crippen molar-refractivity contribution in [3.8, 4) is 0 Å². The number of nitrogens with zero attached hydrogens (tertiary/aromatic N) is 1. The first kappa shape index (κ1) is 17.3. The molecule has 0 radical (unpaired) electrons. The molecule has 0 fully saturated rings. The number of pyridine rings is 1. The molecule has 1 aliphatic carbocycles. The van der Waals surface area contributed by atoms with Crippen molar-refractivity contribution in [2.24, 2.45) is 0 Å².